The average molecular weight is 361 g/mol. The number of carbonyl (C=O) groups is 1. The number of sulfonamides is 1. The number of alkyl halides is 1. The Kier molecular flexibility index (Phi) is 6.26. The molecule has 1 aliphatic heterocycles. The second-order valence-corrected chi connectivity index (χ2v) is 7.79. The number of nitrogens with zero attached hydrogens (tertiary/aromatic N) is 1. The summed E-state index contributed by atoms with van der Waals surface area (Å²) in [5, 5.41) is 2.57. The molecular weight excluding hydrogens is 340 g/mol. The molecule has 0 radical (unpaired) electrons. The SMILES string of the molecule is COc1ccc2c(c1)CCN(S(=O)(=O)CCNC(=O)CCCl)C2. The van der Waals surface area contributed by atoms with Gasteiger partial charge in [0.15, 0.2) is 0 Å². The van der Waals surface area contributed by atoms with E-state index in [-0.39, 0.29) is 30.5 Å². The van der Waals surface area contributed by atoms with E-state index in [0.717, 1.165) is 16.9 Å². The van der Waals surface area contributed by atoms with E-state index in [1.54, 1.807) is 7.11 Å². The van der Waals surface area contributed by atoms with Gasteiger partial charge in [-0.1, -0.05) is 6.07 Å². The van der Waals surface area contributed by atoms with Crippen molar-refractivity contribution in [2.75, 3.05) is 31.8 Å². The highest BCUT2D eigenvalue weighted by Crippen LogP contribution is 2.25. The topological polar surface area (TPSA) is 75.7 Å². The third kappa shape index (κ3) is 4.83. The maximum Gasteiger partial charge on any atom is 0.221 e. The molecule has 128 valence electrons. The summed E-state index contributed by atoms with van der Waals surface area (Å²) in [5.74, 6) is 0.672. The summed E-state index contributed by atoms with van der Waals surface area (Å²) in [6.07, 6.45) is 0.852. The van der Waals surface area contributed by atoms with E-state index in [1.807, 2.05) is 18.2 Å². The third-order valence-electron chi connectivity index (χ3n) is 3.79. The zero-order chi connectivity index (χ0) is 16.9. The quantitative estimate of drug-likeness (QED) is 0.739. The van der Waals surface area contributed by atoms with Crippen molar-refractivity contribution >= 4 is 27.5 Å². The van der Waals surface area contributed by atoms with Crippen LogP contribution in [0.5, 0.6) is 5.75 Å². The van der Waals surface area contributed by atoms with E-state index < -0.39 is 10.0 Å². The number of hydrogen-bond donors (Lipinski definition) is 1. The van der Waals surface area contributed by atoms with Crippen molar-refractivity contribution in [3.63, 3.8) is 0 Å². The second kappa shape index (κ2) is 7.99. The van der Waals surface area contributed by atoms with Gasteiger partial charge in [0.1, 0.15) is 5.75 Å². The highest BCUT2D eigenvalue weighted by Gasteiger charge is 2.26. The predicted molar refractivity (Wildman–Crippen MR) is 89.2 cm³/mol. The van der Waals surface area contributed by atoms with Crippen LogP contribution in [-0.4, -0.2) is 50.5 Å². The Morgan fingerprint density at radius 3 is 2.87 bits per heavy atom. The fourth-order valence-electron chi connectivity index (χ4n) is 2.49. The zero-order valence-corrected chi connectivity index (χ0v) is 14.6. The number of halogens is 1. The van der Waals surface area contributed by atoms with Gasteiger partial charge in [-0.15, -0.1) is 11.6 Å². The molecule has 6 nitrogen and oxygen atoms in total. The predicted octanol–water partition coefficient (Wildman–Crippen LogP) is 1.13. The molecule has 0 bridgehead atoms. The number of fused-ring (bicyclic) bond motifs is 1. The zero-order valence-electron chi connectivity index (χ0n) is 13.0. The van der Waals surface area contributed by atoms with Crippen LogP contribution in [0.4, 0.5) is 0 Å². The molecule has 1 aromatic carbocycles. The van der Waals surface area contributed by atoms with Crippen LogP contribution < -0.4 is 10.1 Å². The van der Waals surface area contributed by atoms with Crippen LogP contribution in [0, 0.1) is 0 Å². The molecule has 1 N–H and O–H groups in total. The van der Waals surface area contributed by atoms with Crippen molar-refractivity contribution in [1.29, 1.82) is 0 Å². The van der Waals surface area contributed by atoms with E-state index in [1.165, 1.54) is 4.31 Å². The van der Waals surface area contributed by atoms with Crippen molar-refractivity contribution < 1.29 is 17.9 Å². The van der Waals surface area contributed by atoms with Gasteiger partial charge < -0.3 is 10.1 Å². The standard InChI is InChI=1S/C15H21ClN2O4S/c1-22-14-3-2-13-11-18(8-5-12(13)10-14)23(20,21)9-7-17-15(19)4-6-16/h2-3,10H,4-9,11H2,1H3,(H,17,19). The largest absolute Gasteiger partial charge is 0.497 e. The molecule has 1 amide bonds. The number of carbonyl (C=O) groups excluding carboxylic acids is 1. The lowest BCUT2D eigenvalue weighted by Gasteiger charge is -2.28. The van der Waals surface area contributed by atoms with Crippen molar-refractivity contribution in [3.05, 3.63) is 29.3 Å². The first-order valence-electron chi connectivity index (χ1n) is 7.42. The molecule has 0 fully saturated rings. The maximum atomic E-state index is 12.4. The number of rotatable bonds is 7. The Labute approximate surface area is 141 Å². The van der Waals surface area contributed by atoms with Crippen LogP contribution >= 0.6 is 11.6 Å². The lowest BCUT2D eigenvalue weighted by molar-refractivity contribution is -0.120. The van der Waals surface area contributed by atoms with Crippen molar-refractivity contribution in [2.45, 2.75) is 19.4 Å². The number of methoxy groups -OCH3 is 1. The number of benzene rings is 1. The van der Waals surface area contributed by atoms with Gasteiger partial charge in [0.05, 0.1) is 12.9 Å². The number of amides is 1. The lowest BCUT2D eigenvalue weighted by Crippen LogP contribution is -2.40. The molecule has 2 rings (SSSR count). The summed E-state index contributed by atoms with van der Waals surface area (Å²) in [6, 6.07) is 5.69. The molecule has 0 unspecified atom stereocenters. The third-order valence-corrected chi connectivity index (χ3v) is 5.80. The Balaban J connectivity index is 1.95. The molecule has 23 heavy (non-hydrogen) atoms. The van der Waals surface area contributed by atoms with Crippen molar-refractivity contribution in [1.82, 2.24) is 9.62 Å². The molecule has 0 saturated carbocycles. The Morgan fingerprint density at radius 1 is 1.39 bits per heavy atom. The van der Waals surface area contributed by atoms with Gasteiger partial charge in [0.25, 0.3) is 0 Å². The molecule has 1 aromatic rings. The van der Waals surface area contributed by atoms with Crippen LogP contribution in [0.15, 0.2) is 18.2 Å². The Bertz CT molecular complexity index is 663. The molecule has 0 saturated heterocycles. The minimum atomic E-state index is -3.40. The van der Waals surface area contributed by atoms with E-state index in [0.29, 0.717) is 19.5 Å². The molecule has 1 aliphatic rings. The van der Waals surface area contributed by atoms with E-state index in [4.69, 9.17) is 16.3 Å². The molecule has 8 heteroatoms. The van der Waals surface area contributed by atoms with Crippen molar-refractivity contribution in [3.8, 4) is 5.75 Å². The van der Waals surface area contributed by atoms with Gasteiger partial charge in [0.2, 0.25) is 15.9 Å². The number of nitrogens with one attached hydrogen (secondary N) is 1. The average Bonchev–Trinajstić information content (AvgIpc) is 2.53. The first kappa shape index (κ1) is 18.0. The number of hydrogen-bond acceptors (Lipinski definition) is 4. The Hall–Kier alpha value is -1.31. The van der Waals surface area contributed by atoms with E-state index in [9.17, 15) is 13.2 Å². The van der Waals surface area contributed by atoms with Crippen LogP contribution in [0.1, 0.15) is 17.5 Å². The van der Waals surface area contributed by atoms with Gasteiger partial charge in [-0.25, -0.2) is 8.42 Å². The maximum absolute atomic E-state index is 12.4. The summed E-state index contributed by atoms with van der Waals surface area (Å²) in [5.41, 5.74) is 2.11. The fourth-order valence-corrected chi connectivity index (χ4v) is 3.99. The van der Waals surface area contributed by atoms with Crippen LogP contribution in [0.25, 0.3) is 0 Å². The first-order chi connectivity index (χ1) is 11.0. The normalized spacial score (nSPS) is 15.0. The van der Waals surface area contributed by atoms with Gasteiger partial charge in [-0.05, 0) is 29.7 Å². The van der Waals surface area contributed by atoms with Gasteiger partial charge in [-0.2, -0.15) is 4.31 Å². The van der Waals surface area contributed by atoms with Gasteiger partial charge in [-0.3, -0.25) is 4.79 Å². The van der Waals surface area contributed by atoms with Crippen LogP contribution in [-0.2, 0) is 27.8 Å². The molecule has 0 aliphatic carbocycles. The van der Waals surface area contributed by atoms with E-state index in [2.05, 4.69) is 5.32 Å². The fraction of sp³-hybridized carbons (Fsp3) is 0.533. The van der Waals surface area contributed by atoms with Gasteiger partial charge >= 0.3 is 0 Å². The number of ether oxygens (including phenoxy) is 1. The van der Waals surface area contributed by atoms with Gasteiger partial charge in [0, 0.05) is 31.9 Å². The summed E-state index contributed by atoms with van der Waals surface area (Å²) in [7, 11) is -1.79. The van der Waals surface area contributed by atoms with Crippen LogP contribution in [0.3, 0.4) is 0 Å². The molecular formula is C15H21ClN2O4S. The summed E-state index contributed by atoms with van der Waals surface area (Å²) in [6.45, 7) is 0.902. The molecule has 0 aromatic heterocycles. The summed E-state index contributed by atoms with van der Waals surface area (Å²) in [4.78, 5) is 11.3. The minimum Gasteiger partial charge on any atom is -0.497 e. The highest BCUT2D eigenvalue weighted by molar-refractivity contribution is 7.89. The highest BCUT2D eigenvalue weighted by atomic mass is 35.5. The molecule has 1 heterocycles. The second-order valence-electron chi connectivity index (χ2n) is 5.32. The Morgan fingerprint density at radius 2 is 2.17 bits per heavy atom. The molecule has 0 spiro atoms. The smallest absolute Gasteiger partial charge is 0.221 e. The minimum absolute atomic E-state index is 0.101. The van der Waals surface area contributed by atoms with E-state index >= 15 is 0 Å². The summed E-state index contributed by atoms with van der Waals surface area (Å²) >= 11 is 5.46. The van der Waals surface area contributed by atoms with Crippen molar-refractivity contribution in [2.24, 2.45) is 0 Å². The molecule has 0 atom stereocenters. The lowest BCUT2D eigenvalue weighted by atomic mass is 10.0. The first-order valence-corrected chi connectivity index (χ1v) is 9.57. The monoisotopic (exact) mass is 360 g/mol. The van der Waals surface area contributed by atoms with Crippen LogP contribution in [0.2, 0.25) is 0 Å². The summed E-state index contributed by atoms with van der Waals surface area (Å²) < 4.78 is 31.4.